The van der Waals surface area contributed by atoms with Crippen LogP contribution in [0.1, 0.15) is 11.1 Å². The Hall–Kier alpha value is -2.40. The van der Waals surface area contributed by atoms with Crippen molar-refractivity contribution in [2.24, 2.45) is 0 Å². The first-order valence-corrected chi connectivity index (χ1v) is 7.59. The van der Waals surface area contributed by atoms with Crippen LogP contribution in [0, 0.1) is 20.7 Å². The van der Waals surface area contributed by atoms with Gasteiger partial charge in [0.25, 0.3) is 0 Å². The van der Waals surface area contributed by atoms with Gasteiger partial charge in [0.05, 0.1) is 15.2 Å². The van der Waals surface area contributed by atoms with Crippen LogP contribution < -0.4 is 4.74 Å². The molecule has 116 valence electrons. The summed E-state index contributed by atoms with van der Waals surface area (Å²) < 4.78 is 18.8. The van der Waals surface area contributed by atoms with E-state index in [1.807, 2.05) is 22.6 Å². The van der Waals surface area contributed by atoms with Gasteiger partial charge in [-0.1, -0.05) is 18.2 Å². The smallest absolute Gasteiger partial charge is 0.341 e. The molecule has 1 N–H and O–H groups in total. The first-order valence-electron chi connectivity index (χ1n) is 6.51. The van der Waals surface area contributed by atoms with Crippen LogP contribution in [0.2, 0.25) is 0 Å². The predicted molar refractivity (Wildman–Crippen MR) is 92.2 cm³/mol. The van der Waals surface area contributed by atoms with Gasteiger partial charge in [0.1, 0.15) is 11.6 Å². The fourth-order valence-corrected chi connectivity index (χ4v) is 2.53. The quantitative estimate of drug-likeness (QED) is 0.449. The van der Waals surface area contributed by atoms with Crippen LogP contribution in [0.25, 0.3) is 11.6 Å². The summed E-state index contributed by atoms with van der Waals surface area (Å²) in [6.07, 6.45) is 1.68. The molecule has 0 atom stereocenters. The molecule has 2 aromatic carbocycles. The molecule has 0 unspecified atom stereocenters. The van der Waals surface area contributed by atoms with Crippen molar-refractivity contribution < 1.29 is 19.0 Å². The summed E-state index contributed by atoms with van der Waals surface area (Å²) in [4.78, 5) is 10.5. The number of nitriles is 1. The molecule has 0 saturated heterocycles. The Morgan fingerprint density at radius 1 is 1.30 bits per heavy atom. The van der Waals surface area contributed by atoms with Gasteiger partial charge < -0.3 is 9.84 Å². The molecule has 23 heavy (non-hydrogen) atoms. The average molecular weight is 423 g/mol. The molecule has 0 saturated carbocycles. The summed E-state index contributed by atoms with van der Waals surface area (Å²) >= 11 is 2.03. The van der Waals surface area contributed by atoms with Gasteiger partial charge in [-0.2, -0.15) is 5.26 Å². The van der Waals surface area contributed by atoms with Crippen LogP contribution in [0.15, 0.2) is 42.5 Å². The lowest BCUT2D eigenvalue weighted by Crippen LogP contribution is -2.10. The van der Waals surface area contributed by atoms with Crippen LogP contribution in [-0.4, -0.2) is 17.7 Å². The molecule has 0 amide bonds. The standard InChI is InChI=1S/C17H11FINO3/c18-14-4-2-12(3-5-14)13(9-20)7-11-1-6-16(15(19)8-11)23-10-17(21)22/h1-8H,10H2,(H,21,22). The monoisotopic (exact) mass is 423 g/mol. The van der Waals surface area contributed by atoms with Crippen molar-refractivity contribution in [1.29, 1.82) is 5.26 Å². The van der Waals surface area contributed by atoms with Crippen molar-refractivity contribution in [2.75, 3.05) is 6.61 Å². The number of ether oxygens (including phenoxy) is 1. The third kappa shape index (κ3) is 4.79. The Morgan fingerprint density at radius 2 is 2.00 bits per heavy atom. The van der Waals surface area contributed by atoms with Gasteiger partial charge in [0.15, 0.2) is 6.61 Å². The second-order valence-electron chi connectivity index (χ2n) is 4.55. The molecule has 0 spiro atoms. The normalized spacial score (nSPS) is 10.9. The minimum absolute atomic E-state index is 0.361. The number of halogens is 2. The van der Waals surface area contributed by atoms with Crippen LogP contribution in [0.4, 0.5) is 4.39 Å². The topological polar surface area (TPSA) is 70.3 Å². The van der Waals surface area contributed by atoms with E-state index in [4.69, 9.17) is 9.84 Å². The summed E-state index contributed by atoms with van der Waals surface area (Å²) in [5.74, 6) is -0.946. The summed E-state index contributed by atoms with van der Waals surface area (Å²) in [6.45, 7) is -0.412. The third-order valence-corrected chi connectivity index (χ3v) is 3.74. The van der Waals surface area contributed by atoms with E-state index in [-0.39, 0.29) is 5.82 Å². The van der Waals surface area contributed by atoms with Crippen LogP contribution in [0.5, 0.6) is 5.75 Å². The van der Waals surface area contributed by atoms with Gasteiger partial charge in [-0.15, -0.1) is 0 Å². The highest BCUT2D eigenvalue weighted by Gasteiger charge is 2.06. The number of allylic oxidation sites excluding steroid dienone is 1. The lowest BCUT2D eigenvalue weighted by Gasteiger charge is -2.07. The van der Waals surface area contributed by atoms with Crippen molar-refractivity contribution in [3.8, 4) is 11.8 Å². The second-order valence-corrected chi connectivity index (χ2v) is 5.71. The second kappa shape index (κ2) is 7.74. The first kappa shape index (κ1) is 17.0. The Morgan fingerprint density at radius 3 is 2.57 bits per heavy atom. The molecule has 2 aromatic rings. The molecule has 0 aromatic heterocycles. The maximum atomic E-state index is 12.9. The van der Waals surface area contributed by atoms with Crippen LogP contribution >= 0.6 is 22.6 Å². The molecule has 0 aliphatic carbocycles. The zero-order valence-electron chi connectivity index (χ0n) is 11.8. The minimum atomic E-state index is -1.05. The van der Waals surface area contributed by atoms with Crippen molar-refractivity contribution >= 4 is 40.2 Å². The summed E-state index contributed by atoms with van der Waals surface area (Å²) in [7, 11) is 0. The third-order valence-electron chi connectivity index (χ3n) is 2.89. The number of aliphatic carboxylic acids is 1. The number of carboxylic acids is 1. The van der Waals surface area contributed by atoms with Crippen molar-refractivity contribution in [3.63, 3.8) is 0 Å². The van der Waals surface area contributed by atoms with Gasteiger partial charge in [0, 0.05) is 0 Å². The molecule has 0 bridgehead atoms. The van der Waals surface area contributed by atoms with Crippen molar-refractivity contribution in [1.82, 2.24) is 0 Å². The average Bonchev–Trinajstić information content (AvgIpc) is 2.52. The van der Waals surface area contributed by atoms with Gasteiger partial charge in [0.2, 0.25) is 0 Å². The molecular formula is C17H11FINO3. The number of nitrogens with zero attached hydrogens (tertiary/aromatic N) is 1. The van der Waals surface area contributed by atoms with E-state index in [2.05, 4.69) is 6.07 Å². The summed E-state index contributed by atoms with van der Waals surface area (Å²) in [5.41, 5.74) is 1.79. The number of carboxylic acid groups (broad SMARTS) is 1. The molecule has 0 heterocycles. The Labute approximate surface area is 146 Å². The van der Waals surface area contributed by atoms with E-state index in [0.29, 0.717) is 16.9 Å². The summed E-state index contributed by atoms with van der Waals surface area (Å²) in [5, 5.41) is 17.9. The Balaban J connectivity index is 2.27. The van der Waals surface area contributed by atoms with Crippen molar-refractivity contribution in [2.45, 2.75) is 0 Å². The number of benzene rings is 2. The molecule has 0 aliphatic heterocycles. The van der Waals surface area contributed by atoms with E-state index >= 15 is 0 Å². The molecule has 4 nitrogen and oxygen atoms in total. The number of rotatable bonds is 5. The van der Waals surface area contributed by atoms with Crippen LogP contribution in [-0.2, 0) is 4.79 Å². The highest BCUT2D eigenvalue weighted by molar-refractivity contribution is 14.1. The van der Waals surface area contributed by atoms with E-state index in [0.717, 1.165) is 9.13 Å². The van der Waals surface area contributed by atoms with Gasteiger partial charge >= 0.3 is 5.97 Å². The molecule has 0 aliphatic rings. The molecule has 0 radical (unpaired) electrons. The van der Waals surface area contributed by atoms with Crippen LogP contribution in [0.3, 0.4) is 0 Å². The SMILES string of the molecule is N#CC(=Cc1ccc(OCC(=O)O)c(I)c1)c1ccc(F)cc1. The van der Waals surface area contributed by atoms with Gasteiger partial charge in [-0.05, 0) is 64.1 Å². The zero-order valence-corrected chi connectivity index (χ0v) is 14.0. The molecule has 2 rings (SSSR count). The summed E-state index contributed by atoms with van der Waals surface area (Å²) in [6, 6.07) is 12.9. The molecular weight excluding hydrogens is 412 g/mol. The fourth-order valence-electron chi connectivity index (χ4n) is 1.84. The molecule has 6 heteroatoms. The maximum absolute atomic E-state index is 12.9. The Kier molecular flexibility index (Phi) is 5.71. The predicted octanol–water partition coefficient (Wildman–Crippen LogP) is 3.96. The fraction of sp³-hybridized carbons (Fsp3) is 0.0588. The lowest BCUT2D eigenvalue weighted by atomic mass is 10.0. The maximum Gasteiger partial charge on any atom is 0.341 e. The van der Waals surface area contributed by atoms with E-state index < -0.39 is 12.6 Å². The van der Waals surface area contributed by atoms with E-state index in [1.54, 1.807) is 36.4 Å². The van der Waals surface area contributed by atoms with E-state index in [9.17, 15) is 14.4 Å². The van der Waals surface area contributed by atoms with Crippen molar-refractivity contribution in [3.05, 3.63) is 63.0 Å². The molecule has 0 fully saturated rings. The lowest BCUT2D eigenvalue weighted by molar-refractivity contribution is -0.139. The largest absolute Gasteiger partial charge is 0.481 e. The zero-order chi connectivity index (χ0) is 16.8. The first-order chi connectivity index (χ1) is 11.0. The van der Waals surface area contributed by atoms with Gasteiger partial charge in [-0.25, -0.2) is 9.18 Å². The number of hydrogen-bond acceptors (Lipinski definition) is 3. The Bertz CT molecular complexity index is 794. The highest BCUT2D eigenvalue weighted by atomic mass is 127. The number of hydrogen-bond donors (Lipinski definition) is 1. The minimum Gasteiger partial charge on any atom is -0.481 e. The van der Waals surface area contributed by atoms with Gasteiger partial charge in [-0.3, -0.25) is 0 Å². The van der Waals surface area contributed by atoms with E-state index in [1.165, 1.54) is 12.1 Å². The number of carbonyl (C=O) groups is 1. The highest BCUT2D eigenvalue weighted by Crippen LogP contribution is 2.25.